The molecule has 3 heterocycles. The van der Waals surface area contributed by atoms with E-state index in [0.29, 0.717) is 27.0 Å². The minimum atomic E-state index is 0.0951. The molecule has 0 aliphatic rings. The maximum Gasteiger partial charge on any atom is 0.223 e. The van der Waals surface area contributed by atoms with Gasteiger partial charge in [0.25, 0.3) is 0 Å². The SMILES string of the molecule is CNc1ncnc(Sc2nc(N)nc3[nH]cnc23)c1N=O. The van der Waals surface area contributed by atoms with Crippen molar-refractivity contribution in [1.82, 2.24) is 29.9 Å². The molecule has 0 aromatic carbocycles. The summed E-state index contributed by atoms with van der Waals surface area (Å²) in [5.41, 5.74) is 6.80. The van der Waals surface area contributed by atoms with Gasteiger partial charge in [-0.2, -0.15) is 4.98 Å². The predicted octanol–water partition coefficient (Wildman–Crippen LogP) is 1.32. The molecule has 0 unspecified atom stereocenters. The van der Waals surface area contributed by atoms with Crippen molar-refractivity contribution in [2.24, 2.45) is 5.18 Å². The molecule has 11 heteroatoms. The first-order chi connectivity index (χ1) is 10.2. The summed E-state index contributed by atoms with van der Waals surface area (Å²) >= 11 is 1.12. The molecular weight excluding hydrogens is 294 g/mol. The predicted molar refractivity (Wildman–Crippen MR) is 77.3 cm³/mol. The van der Waals surface area contributed by atoms with Crippen LogP contribution in [0.5, 0.6) is 0 Å². The lowest BCUT2D eigenvalue weighted by molar-refractivity contribution is 1.03. The van der Waals surface area contributed by atoms with Crippen molar-refractivity contribution in [3.63, 3.8) is 0 Å². The molecule has 3 aromatic heterocycles. The van der Waals surface area contributed by atoms with Crippen molar-refractivity contribution < 1.29 is 0 Å². The van der Waals surface area contributed by atoms with Crippen LogP contribution in [0.25, 0.3) is 11.2 Å². The highest BCUT2D eigenvalue weighted by atomic mass is 32.2. The van der Waals surface area contributed by atoms with E-state index in [1.165, 1.54) is 12.7 Å². The van der Waals surface area contributed by atoms with Crippen molar-refractivity contribution in [3.8, 4) is 0 Å². The van der Waals surface area contributed by atoms with Crippen LogP contribution in [-0.2, 0) is 0 Å². The Morgan fingerprint density at radius 3 is 2.90 bits per heavy atom. The lowest BCUT2D eigenvalue weighted by Crippen LogP contribution is -1.98. The van der Waals surface area contributed by atoms with Crippen LogP contribution in [0.3, 0.4) is 0 Å². The molecule has 3 rings (SSSR count). The zero-order valence-electron chi connectivity index (χ0n) is 10.7. The molecule has 106 valence electrons. The van der Waals surface area contributed by atoms with Gasteiger partial charge in [-0.1, -0.05) is 0 Å². The summed E-state index contributed by atoms with van der Waals surface area (Å²) in [5.74, 6) is 0.431. The lowest BCUT2D eigenvalue weighted by atomic mass is 10.5. The van der Waals surface area contributed by atoms with E-state index >= 15 is 0 Å². The van der Waals surface area contributed by atoms with E-state index in [-0.39, 0.29) is 11.6 Å². The van der Waals surface area contributed by atoms with Gasteiger partial charge in [-0.3, -0.25) is 0 Å². The van der Waals surface area contributed by atoms with Crippen molar-refractivity contribution in [3.05, 3.63) is 17.6 Å². The number of nitrogens with one attached hydrogen (secondary N) is 2. The van der Waals surface area contributed by atoms with E-state index in [1.807, 2.05) is 0 Å². The summed E-state index contributed by atoms with van der Waals surface area (Å²) in [6.45, 7) is 0. The quantitative estimate of drug-likeness (QED) is 0.479. The summed E-state index contributed by atoms with van der Waals surface area (Å²) in [7, 11) is 1.64. The van der Waals surface area contributed by atoms with Gasteiger partial charge < -0.3 is 16.0 Å². The first-order valence-electron chi connectivity index (χ1n) is 5.73. The number of aromatic amines is 1. The molecule has 21 heavy (non-hydrogen) atoms. The molecule has 0 saturated heterocycles. The maximum atomic E-state index is 11.0. The van der Waals surface area contributed by atoms with Gasteiger partial charge in [-0.15, -0.1) is 4.91 Å². The van der Waals surface area contributed by atoms with Crippen LogP contribution >= 0.6 is 11.8 Å². The third-order valence-electron chi connectivity index (χ3n) is 2.57. The fourth-order valence-electron chi connectivity index (χ4n) is 1.69. The Kier molecular flexibility index (Phi) is 3.31. The lowest BCUT2D eigenvalue weighted by Gasteiger charge is -2.06. The monoisotopic (exact) mass is 303 g/mol. The highest BCUT2D eigenvalue weighted by molar-refractivity contribution is 7.99. The second-order valence-corrected chi connectivity index (χ2v) is 4.78. The highest BCUT2D eigenvalue weighted by Crippen LogP contribution is 2.37. The Labute approximate surface area is 122 Å². The maximum absolute atomic E-state index is 11.0. The van der Waals surface area contributed by atoms with Gasteiger partial charge in [-0.25, -0.2) is 19.9 Å². The van der Waals surface area contributed by atoms with Crippen LogP contribution < -0.4 is 11.1 Å². The molecule has 0 amide bonds. The Balaban J connectivity index is 2.10. The second-order valence-electron chi connectivity index (χ2n) is 3.81. The number of aromatic nitrogens is 6. The molecule has 10 nitrogen and oxygen atoms in total. The largest absolute Gasteiger partial charge is 0.371 e. The van der Waals surface area contributed by atoms with Crippen LogP contribution in [0.2, 0.25) is 0 Å². The van der Waals surface area contributed by atoms with Gasteiger partial charge in [0.1, 0.15) is 21.9 Å². The summed E-state index contributed by atoms with van der Waals surface area (Å²) in [6, 6.07) is 0. The molecule has 0 spiro atoms. The molecule has 0 fully saturated rings. The molecule has 0 aliphatic heterocycles. The number of nitroso groups, excluding NO2 is 1. The number of nitrogen functional groups attached to an aromatic ring is 1. The third-order valence-corrected chi connectivity index (χ3v) is 3.54. The molecule has 0 saturated carbocycles. The first kappa shape index (κ1) is 13.2. The normalized spacial score (nSPS) is 10.7. The number of imidazole rings is 1. The Morgan fingerprint density at radius 2 is 2.14 bits per heavy atom. The van der Waals surface area contributed by atoms with E-state index < -0.39 is 0 Å². The van der Waals surface area contributed by atoms with E-state index in [0.717, 1.165) is 11.8 Å². The third kappa shape index (κ3) is 2.33. The number of rotatable bonds is 4. The molecule has 0 aliphatic carbocycles. The van der Waals surface area contributed by atoms with E-state index in [9.17, 15) is 4.91 Å². The Bertz CT molecular complexity index is 817. The van der Waals surface area contributed by atoms with E-state index in [4.69, 9.17) is 5.73 Å². The summed E-state index contributed by atoms with van der Waals surface area (Å²) in [4.78, 5) is 34.1. The fourth-order valence-corrected chi connectivity index (χ4v) is 2.59. The Hall–Kier alpha value is -2.82. The number of hydrogen-bond donors (Lipinski definition) is 3. The van der Waals surface area contributed by atoms with Gasteiger partial charge in [0.05, 0.1) is 6.33 Å². The fraction of sp³-hybridized carbons (Fsp3) is 0.100. The number of fused-ring (bicyclic) bond motifs is 1. The van der Waals surface area contributed by atoms with Crippen molar-refractivity contribution in [2.45, 2.75) is 10.1 Å². The topological polar surface area (TPSA) is 148 Å². The van der Waals surface area contributed by atoms with E-state index in [1.54, 1.807) is 7.05 Å². The highest BCUT2D eigenvalue weighted by Gasteiger charge is 2.17. The number of nitrogens with zero attached hydrogens (tertiary/aromatic N) is 6. The van der Waals surface area contributed by atoms with Gasteiger partial charge in [-0.05, 0) is 16.9 Å². The van der Waals surface area contributed by atoms with Gasteiger partial charge in [0, 0.05) is 7.05 Å². The van der Waals surface area contributed by atoms with E-state index in [2.05, 4.69) is 40.4 Å². The molecule has 4 N–H and O–H groups in total. The number of H-pyrrole nitrogens is 1. The van der Waals surface area contributed by atoms with Crippen LogP contribution in [0.15, 0.2) is 27.9 Å². The smallest absolute Gasteiger partial charge is 0.223 e. The summed E-state index contributed by atoms with van der Waals surface area (Å²) < 4.78 is 0. The molecular formula is C10H9N9OS. The number of anilines is 2. The van der Waals surface area contributed by atoms with Crippen molar-refractivity contribution >= 4 is 40.4 Å². The molecule has 0 bridgehead atoms. The van der Waals surface area contributed by atoms with Crippen LogP contribution in [0.1, 0.15) is 0 Å². The van der Waals surface area contributed by atoms with Gasteiger partial charge in [0.15, 0.2) is 17.2 Å². The van der Waals surface area contributed by atoms with Gasteiger partial charge >= 0.3 is 0 Å². The van der Waals surface area contributed by atoms with Crippen molar-refractivity contribution in [1.29, 1.82) is 0 Å². The van der Waals surface area contributed by atoms with Crippen molar-refractivity contribution in [2.75, 3.05) is 18.1 Å². The average Bonchev–Trinajstić information content (AvgIpc) is 2.95. The second kappa shape index (κ2) is 5.28. The zero-order valence-corrected chi connectivity index (χ0v) is 11.5. The first-order valence-corrected chi connectivity index (χ1v) is 6.55. The van der Waals surface area contributed by atoms with Crippen LogP contribution in [0, 0.1) is 4.91 Å². The minimum absolute atomic E-state index is 0.0951. The minimum Gasteiger partial charge on any atom is -0.371 e. The van der Waals surface area contributed by atoms with Gasteiger partial charge in [0.2, 0.25) is 5.95 Å². The molecule has 0 radical (unpaired) electrons. The standard InChI is InChI=1S/C10H9N9OS/c1-12-6-5(19-20)8(16-3-14-6)21-9-4-7(15-2-13-4)17-10(11)18-9/h2-3H,1H3,(H,12,14,16)(H3,11,13,15,17,18). The summed E-state index contributed by atoms with van der Waals surface area (Å²) in [6.07, 6.45) is 2.82. The molecule has 0 atom stereocenters. The number of hydrogen-bond acceptors (Lipinski definition) is 10. The molecule has 3 aromatic rings. The van der Waals surface area contributed by atoms with Crippen LogP contribution in [0.4, 0.5) is 17.5 Å². The number of nitrogens with two attached hydrogens (primary N) is 1. The van der Waals surface area contributed by atoms with Crippen LogP contribution in [-0.4, -0.2) is 37.0 Å². The average molecular weight is 303 g/mol. The zero-order chi connectivity index (χ0) is 14.8. The Morgan fingerprint density at radius 1 is 1.29 bits per heavy atom. The summed E-state index contributed by atoms with van der Waals surface area (Å²) in [5, 5.41) is 6.57.